The van der Waals surface area contributed by atoms with E-state index >= 15 is 0 Å². The molecule has 0 saturated carbocycles. The summed E-state index contributed by atoms with van der Waals surface area (Å²) in [5.74, 6) is 1.10. The predicted octanol–water partition coefficient (Wildman–Crippen LogP) is 4.58. The van der Waals surface area contributed by atoms with Gasteiger partial charge in [-0.05, 0) is 62.5 Å². The summed E-state index contributed by atoms with van der Waals surface area (Å²) < 4.78 is 7.32. The number of aromatic nitrogens is 1. The lowest BCUT2D eigenvalue weighted by atomic mass is 10.1. The number of hydrogen-bond acceptors (Lipinski definition) is 3. The molecule has 1 heterocycles. The van der Waals surface area contributed by atoms with Crippen LogP contribution in [0.25, 0.3) is 0 Å². The molecule has 0 amide bonds. The van der Waals surface area contributed by atoms with E-state index in [0.29, 0.717) is 17.2 Å². The van der Waals surface area contributed by atoms with Crippen molar-refractivity contribution in [3.63, 3.8) is 0 Å². The number of aryl methyl sites for hydroxylation is 1. The highest BCUT2D eigenvalue weighted by molar-refractivity contribution is 9.11. The number of benzene rings is 1. The van der Waals surface area contributed by atoms with Crippen molar-refractivity contribution < 1.29 is 4.74 Å². The Morgan fingerprint density at radius 3 is 2.72 bits per heavy atom. The smallest absolute Gasteiger partial charge is 0.233 e. The number of halogens is 2. The maximum absolute atomic E-state index is 8.87. The van der Waals surface area contributed by atoms with Crippen LogP contribution in [0.4, 0.5) is 0 Å². The van der Waals surface area contributed by atoms with Crippen LogP contribution in [0, 0.1) is 18.3 Å². The molecular weight excluding hydrogens is 360 g/mol. The molecule has 90 valence electrons. The third-order valence-electron chi connectivity index (χ3n) is 2.30. The average molecular weight is 368 g/mol. The zero-order valence-corrected chi connectivity index (χ0v) is 12.6. The maximum Gasteiger partial charge on any atom is 0.233 e. The van der Waals surface area contributed by atoms with E-state index in [-0.39, 0.29) is 0 Å². The zero-order valence-electron chi connectivity index (χ0n) is 9.45. The number of ether oxygens (including phenoxy) is 1. The van der Waals surface area contributed by atoms with Gasteiger partial charge in [0.25, 0.3) is 0 Å². The standard InChI is InChI=1S/C13H8Br2N2O/c1-8-2-3-9(6-16)4-12(8)18-13-11(15)5-10(14)7-17-13/h2-5,7H,1H3. The van der Waals surface area contributed by atoms with E-state index in [0.717, 1.165) is 14.5 Å². The Bertz CT molecular complexity index is 635. The number of hydrogen-bond donors (Lipinski definition) is 0. The van der Waals surface area contributed by atoms with Gasteiger partial charge in [-0.25, -0.2) is 4.98 Å². The summed E-state index contributed by atoms with van der Waals surface area (Å²) in [7, 11) is 0. The summed E-state index contributed by atoms with van der Waals surface area (Å²) in [6, 6.07) is 9.24. The molecule has 0 N–H and O–H groups in total. The Morgan fingerprint density at radius 1 is 1.28 bits per heavy atom. The Balaban J connectivity index is 2.37. The van der Waals surface area contributed by atoms with Crippen LogP contribution in [-0.2, 0) is 0 Å². The number of rotatable bonds is 2. The fraction of sp³-hybridized carbons (Fsp3) is 0.0769. The van der Waals surface area contributed by atoms with Gasteiger partial charge in [0.15, 0.2) is 0 Å². The van der Waals surface area contributed by atoms with Crippen LogP contribution in [0.3, 0.4) is 0 Å². The molecule has 0 spiro atoms. The van der Waals surface area contributed by atoms with Gasteiger partial charge in [-0.1, -0.05) is 6.07 Å². The highest BCUT2D eigenvalue weighted by Gasteiger charge is 2.08. The van der Waals surface area contributed by atoms with E-state index in [4.69, 9.17) is 10.00 Å². The molecule has 0 bridgehead atoms. The van der Waals surface area contributed by atoms with Crippen molar-refractivity contribution in [1.29, 1.82) is 5.26 Å². The van der Waals surface area contributed by atoms with Gasteiger partial charge >= 0.3 is 0 Å². The maximum atomic E-state index is 8.87. The van der Waals surface area contributed by atoms with Crippen LogP contribution < -0.4 is 4.74 Å². The third kappa shape index (κ3) is 2.89. The topological polar surface area (TPSA) is 45.9 Å². The fourth-order valence-corrected chi connectivity index (χ4v) is 2.43. The van der Waals surface area contributed by atoms with E-state index in [1.54, 1.807) is 18.3 Å². The Hall–Kier alpha value is -1.38. The predicted molar refractivity (Wildman–Crippen MR) is 75.6 cm³/mol. The minimum Gasteiger partial charge on any atom is -0.438 e. The lowest BCUT2D eigenvalue weighted by molar-refractivity contribution is 0.456. The average Bonchev–Trinajstić information content (AvgIpc) is 2.35. The summed E-state index contributed by atoms with van der Waals surface area (Å²) in [5.41, 5.74) is 1.51. The first-order valence-corrected chi connectivity index (χ1v) is 6.68. The molecular formula is C13H8Br2N2O. The first-order chi connectivity index (χ1) is 8.60. The second-order valence-corrected chi connectivity index (χ2v) is 5.40. The highest BCUT2D eigenvalue weighted by Crippen LogP contribution is 2.31. The molecule has 3 nitrogen and oxygen atoms in total. The quantitative estimate of drug-likeness (QED) is 0.780. The van der Waals surface area contributed by atoms with E-state index < -0.39 is 0 Å². The molecule has 1 aromatic carbocycles. The molecule has 18 heavy (non-hydrogen) atoms. The monoisotopic (exact) mass is 366 g/mol. The van der Waals surface area contributed by atoms with Crippen molar-refractivity contribution in [3.05, 3.63) is 50.5 Å². The lowest BCUT2D eigenvalue weighted by Crippen LogP contribution is -1.92. The second kappa shape index (κ2) is 5.51. The van der Waals surface area contributed by atoms with E-state index in [2.05, 4.69) is 42.9 Å². The minimum absolute atomic E-state index is 0.469. The van der Waals surface area contributed by atoms with Crippen LogP contribution in [-0.4, -0.2) is 4.98 Å². The van der Waals surface area contributed by atoms with Crippen LogP contribution in [0.5, 0.6) is 11.6 Å². The summed E-state index contributed by atoms with van der Waals surface area (Å²) in [6.45, 7) is 1.92. The van der Waals surface area contributed by atoms with Crippen LogP contribution >= 0.6 is 31.9 Å². The lowest BCUT2D eigenvalue weighted by Gasteiger charge is -2.09. The van der Waals surface area contributed by atoms with Crippen LogP contribution in [0.1, 0.15) is 11.1 Å². The van der Waals surface area contributed by atoms with Crippen molar-refractivity contribution in [2.24, 2.45) is 0 Å². The zero-order chi connectivity index (χ0) is 13.1. The Labute approximate surface area is 122 Å². The van der Waals surface area contributed by atoms with E-state index in [9.17, 15) is 0 Å². The number of nitrogens with zero attached hydrogens (tertiary/aromatic N) is 2. The van der Waals surface area contributed by atoms with Crippen molar-refractivity contribution in [1.82, 2.24) is 4.98 Å². The minimum atomic E-state index is 0.469. The molecule has 0 radical (unpaired) electrons. The molecule has 2 rings (SSSR count). The molecule has 2 aromatic rings. The summed E-state index contributed by atoms with van der Waals surface area (Å²) in [5, 5.41) is 8.87. The van der Waals surface area contributed by atoms with Crippen LogP contribution in [0.15, 0.2) is 39.4 Å². The highest BCUT2D eigenvalue weighted by atomic mass is 79.9. The summed E-state index contributed by atoms with van der Waals surface area (Å²) >= 11 is 6.71. The van der Waals surface area contributed by atoms with Crippen molar-refractivity contribution in [3.8, 4) is 17.7 Å². The molecule has 1 aromatic heterocycles. The molecule has 0 aliphatic heterocycles. The van der Waals surface area contributed by atoms with E-state index in [1.165, 1.54) is 0 Å². The SMILES string of the molecule is Cc1ccc(C#N)cc1Oc1ncc(Br)cc1Br. The molecule has 0 aliphatic carbocycles. The van der Waals surface area contributed by atoms with Gasteiger partial charge in [-0.15, -0.1) is 0 Å². The molecule has 5 heteroatoms. The molecule has 0 saturated heterocycles. The fourth-order valence-electron chi connectivity index (χ4n) is 1.36. The van der Waals surface area contributed by atoms with Crippen molar-refractivity contribution in [2.45, 2.75) is 6.92 Å². The van der Waals surface area contributed by atoms with Crippen molar-refractivity contribution in [2.75, 3.05) is 0 Å². The van der Waals surface area contributed by atoms with Gasteiger partial charge in [0.1, 0.15) is 5.75 Å². The summed E-state index contributed by atoms with van der Waals surface area (Å²) in [4.78, 5) is 4.17. The van der Waals surface area contributed by atoms with Gasteiger partial charge in [0.2, 0.25) is 5.88 Å². The van der Waals surface area contributed by atoms with Gasteiger partial charge in [0.05, 0.1) is 16.1 Å². The normalized spacial score (nSPS) is 9.89. The third-order valence-corrected chi connectivity index (χ3v) is 3.30. The second-order valence-electron chi connectivity index (χ2n) is 3.63. The van der Waals surface area contributed by atoms with Gasteiger partial charge < -0.3 is 4.74 Å². The number of pyridine rings is 1. The Kier molecular flexibility index (Phi) is 4.00. The summed E-state index contributed by atoms with van der Waals surface area (Å²) in [6.07, 6.45) is 1.66. The molecule has 0 unspecified atom stereocenters. The van der Waals surface area contributed by atoms with Crippen molar-refractivity contribution >= 4 is 31.9 Å². The molecule has 0 atom stereocenters. The first kappa shape index (κ1) is 13.1. The van der Waals surface area contributed by atoms with E-state index in [1.807, 2.05) is 19.1 Å². The largest absolute Gasteiger partial charge is 0.438 e. The number of nitriles is 1. The van der Waals surface area contributed by atoms with Gasteiger partial charge in [0, 0.05) is 10.7 Å². The molecule has 0 fully saturated rings. The first-order valence-electron chi connectivity index (χ1n) is 5.10. The van der Waals surface area contributed by atoms with Gasteiger partial charge in [-0.2, -0.15) is 5.26 Å². The molecule has 0 aliphatic rings. The Morgan fingerprint density at radius 2 is 2.06 bits per heavy atom. The van der Waals surface area contributed by atoms with Gasteiger partial charge in [-0.3, -0.25) is 0 Å². The van der Waals surface area contributed by atoms with Crippen LogP contribution in [0.2, 0.25) is 0 Å².